The summed E-state index contributed by atoms with van der Waals surface area (Å²) in [5.74, 6) is -0.550. The number of aldehydes is 1. The average molecular weight is 338 g/mol. The van der Waals surface area contributed by atoms with Crippen molar-refractivity contribution >= 4 is 18.1 Å². The molecule has 0 saturated heterocycles. The maximum Gasteiger partial charge on any atom is 0.251 e. The van der Waals surface area contributed by atoms with E-state index in [9.17, 15) is 14.4 Å². The lowest BCUT2D eigenvalue weighted by Gasteiger charge is -2.18. The van der Waals surface area contributed by atoms with Crippen LogP contribution >= 0.6 is 0 Å². The van der Waals surface area contributed by atoms with Crippen LogP contribution in [0.3, 0.4) is 0 Å². The van der Waals surface area contributed by atoms with Gasteiger partial charge in [0.25, 0.3) is 5.91 Å². The zero-order valence-corrected chi connectivity index (χ0v) is 14.0. The number of nitrogens with one attached hydrogen (secondary N) is 2. The Hall–Kier alpha value is -2.95. The van der Waals surface area contributed by atoms with Gasteiger partial charge < -0.3 is 15.4 Å². The molecule has 5 nitrogen and oxygen atoms in total. The second kappa shape index (κ2) is 10.0. The van der Waals surface area contributed by atoms with Gasteiger partial charge in [-0.15, -0.1) is 0 Å². The van der Waals surface area contributed by atoms with Gasteiger partial charge in [0.1, 0.15) is 12.3 Å². The summed E-state index contributed by atoms with van der Waals surface area (Å²) < 4.78 is 0. The number of hydrogen-bond donors (Lipinski definition) is 2. The summed E-state index contributed by atoms with van der Waals surface area (Å²) in [7, 11) is 0. The van der Waals surface area contributed by atoms with Crippen molar-refractivity contribution in [2.24, 2.45) is 0 Å². The first-order valence-corrected chi connectivity index (χ1v) is 8.32. The Morgan fingerprint density at radius 2 is 1.60 bits per heavy atom. The van der Waals surface area contributed by atoms with Gasteiger partial charge in [0.2, 0.25) is 5.91 Å². The topological polar surface area (TPSA) is 75.3 Å². The number of carbonyl (C=O) groups is 3. The zero-order valence-electron chi connectivity index (χ0n) is 14.0. The molecule has 2 rings (SSSR count). The molecule has 0 saturated carbocycles. The maximum absolute atomic E-state index is 12.5. The third-order valence-corrected chi connectivity index (χ3v) is 3.78. The Morgan fingerprint density at radius 1 is 0.960 bits per heavy atom. The van der Waals surface area contributed by atoms with E-state index in [0.29, 0.717) is 31.4 Å². The van der Waals surface area contributed by atoms with Gasteiger partial charge in [-0.2, -0.15) is 0 Å². The van der Waals surface area contributed by atoms with Crippen molar-refractivity contribution in [2.45, 2.75) is 31.8 Å². The molecule has 0 aromatic heterocycles. The second-order valence-electron chi connectivity index (χ2n) is 5.69. The van der Waals surface area contributed by atoms with Crippen molar-refractivity contribution in [1.29, 1.82) is 0 Å². The minimum Gasteiger partial charge on any atom is -0.350 e. The number of benzene rings is 2. The van der Waals surface area contributed by atoms with Gasteiger partial charge >= 0.3 is 0 Å². The Balaban J connectivity index is 1.97. The monoisotopic (exact) mass is 338 g/mol. The van der Waals surface area contributed by atoms with E-state index in [-0.39, 0.29) is 11.8 Å². The molecule has 0 fully saturated rings. The summed E-state index contributed by atoms with van der Waals surface area (Å²) >= 11 is 0. The first-order chi connectivity index (χ1) is 12.2. The molecule has 1 atom stereocenters. The van der Waals surface area contributed by atoms with Gasteiger partial charge in [-0.05, 0) is 30.5 Å². The van der Waals surface area contributed by atoms with Gasteiger partial charge in [0, 0.05) is 18.5 Å². The number of rotatable bonds is 9. The molecule has 0 aliphatic heterocycles. The molecule has 2 amide bonds. The fraction of sp³-hybridized carbons (Fsp3) is 0.250. The predicted octanol–water partition coefficient (Wildman–Crippen LogP) is 2.47. The Morgan fingerprint density at radius 3 is 2.24 bits per heavy atom. The highest BCUT2D eigenvalue weighted by Gasteiger charge is 2.20. The quantitative estimate of drug-likeness (QED) is 0.545. The molecule has 0 unspecified atom stereocenters. The lowest BCUT2D eigenvalue weighted by atomic mass is 10.1. The fourth-order valence-electron chi connectivity index (χ4n) is 2.41. The van der Waals surface area contributed by atoms with Crippen LogP contribution in [0, 0.1) is 0 Å². The van der Waals surface area contributed by atoms with Crippen LogP contribution in [0.25, 0.3) is 0 Å². The molecule has 2 N–H and O–H groups in total. The van der Waals surface area contributed by atoms with Crippen molar-refractivity contribution in [3.8, 4) is 0 Å². The zero-order chi connectivity index (χ0) is 17.9. The highest BCUT2D eigenvalue weighted by molar-refractivity contribution is 5.97. The van der Waals surface area contributed by atoms with E-state index in [1.54, 1.807) is 24.3 Å². The molecular weight excluding hydrogens is 316 g/mol. The molecule has 0 radical (unpaired) electrons. The largest absolute Gasteiger partial charge is 0.350 e. The lowest BCUT2D eigenvalue weighted by Crippen LogP contribution is -2.46. The summed E-state index contributed by atoms with van der Waals surface area (Å²) in [6.07, 6.45) is 2.14. The molecule has 0 bridgehead atoms. The van der Waals surface area contributed by atoms with Gasteiger partial charge in [-0.25, -0.2) is 0 Å². The first-order valence-electron chi connectivity index (χ1n) is 8.32. The SMILES string of the molecule is O=CCCC[C@H](NC(=O)c1ccccc1)C(=O)NCc1ccccc1. The predicted molar refractivity (Wildman–Crippen MR) is 95.9 cm³/mol. The first kappa shape index (κ1) is 18.4. The van der Waals surface area contributed by atoms with Crippen molar-refractivity contribution < 1.29 is 14.4 Å². The van der Waals surface area contributed by atoms with Gasteiger partial charge in [0.05, 0.1) is 0 Å². The van der Waals surface area contributed by atoms with Gasteiger partial charge in [-0.3, -0.25) is 9.59 Å². The second-order valence-corrected chi connectivity index (χ2v) is 5.69. The Bertz CT molecular complexity index is 687. The summed E-state index contributed by atoms with van der Waals surface area (Å²) in [6.45, 7) is 0.394. The molecule has 0 aliphatic rings. The van der Waals surface area contributed by atoms with Crippen molar-refractivity contribution in [1.82, 2.24) is 10.6 Å². The Labute approximate surface area is 147 Å². The smallest absolute Gasteiger partial charge is 0.251 e. The highest BCUT2D eigenvalue weighted by Crippen LogP contribution is 2.05. The van der Waals surface area contributed by atoms with Crippen LogP contribution in [-0.2, 0) is 16.1 Å². The highest BCUT2D eigenvalue weighted by atomic mass is 16.2. The summed E-state index contributed by atoms with van der Waals surface area (Å²) in [5, 5.41) is 5.60. The minimum atomic E-state index is -0.670. The summed E-state index contributed by atoms with van der Waals surface area (Å²) in [4.78, 5) is 35.3. The van der Waals surface area contributed by atoms with Crippen molar-refractivity contribution in [2.75, 3.05) is 0 Å². The normalized spacial score (nSPS) is 11.4. The number of amides is 2. The van der Waals surface area contributed by atoms with Crippen LogP contribution in [0.5, 0.6) is 0 Å². The molecule has 2 aromatic rings. The molecule has 25 heavy (non-hydrogen) atoms. The third-order valence-electron chi connectivity index (χ3n) is 3.78. The van der Waals surface area contributed by atoms with Crippen LogP contribution in [0.1, 0.15) is 35.2 Å². The molecule has 130 valence electrons. The van der Waals surface area contributed by atoms with Crippen molar-refractivity contribution in [3.63, 3.8) is 0 Å². The van der Waals surface area contributed by atoms with Gasteiger partial charge in [0.15, 0.2) is 0 Å². The molecular formula is C20H22N2O3. The molecule has 0 aliphatic carbocycles. The summed E-state index contributed by atoms with van der Waals surface area (Å²) in [6, 6.07) is 17.6. The Kier molecular flexibility index (Phi) is 7.38. The molecule has 5 heteroatoms. The van der Waals surface area contributed by atoms with E-state index in [4.69, 9.17) is 0 Å². The van der Waals surface area contributed by atoms with Crippen LogP contribution in [0.15, 0.2) is 60.7 Å². The van der Waals surface area contributed by atoms with Crippen LogP contribution in [-0.4, -0.2) is 24.1 Å². The number of carbonyl (C=O) groups excluding carboxylic acids is 3. The average Bonchev–Trinajstić information content (AvgIpc) is 2.67. The molecule has 0 heterocycles. The van der Waals surface area contributed by atoms with E-state index < -0.39 is 6.04 Å². The fourth-order valence-corrected chi connectivity index (χ4v) is 2.41. The van der Waals surface area contributed by atoms with Crippen LogP contribution < -0.4 is 10.6 Å². The number of unbranched alkanes of at least 4 members (excludes halogenated alkanes) is 1. The number of hydrogen-bond acceptors (Lipinski definition) is 3. The maximum atomic E-state index is 12.5. The third kappa shape index (κ3) is 6.22. The van der Waals surface area contributed by atoms with Crippen LogP contribution in [0.2, 0.25) is 0 Å². The lowest BCUT2D eigenvalue weighted by molar-refractivity contribution is -0.123. The van der Waals surface area contributed by atoms with E-state index in [1.807, 2.05) is 36.4 Å². The molecule has 2 aromatic carbocycles. The van der Waals surface area contributed by atoms with E-state index in [2.05, 4.69) is 10.6 Å². The summed E-state index contributed by atoms with van der Waals surface area (Å²) in [5.41, 5.74) is 1.48. The standard InChI is InChI=1S/C20H22N2O3/c23-14-8-7-13-18(22-19(24)17-11-5-2-6-12-17)20(25)21-15-16-9-3-1-4-10-16/h1-6,9-12,14,18H,7-8,13,15H2,(H,21,25)(H,22,24)/t18-/m0/s1. The van der Waals surface area contributed by atoms with Gasteiger partial charge in [-0.1, -0.05) is 48.5 Å². The van der Waals surface area contributed by atoms with E-state index >= 15 is 0 Å². The van der Waals surface area contributed by atoms with E-state index in [0.717, 1.165) is 11.8 Å². The minimum absolute atomic E-state index is 0.251. The molecule has 0 spiro atoms. The van der Waals surface area contributed by atoms with Crippen molar-refractivity contribution in [3.05, 3.63) is 71.8 Å². The van der Waals surface area contributed by atoms with E-state index in [1.165, 1.54) is 0 Å². The van der Waals surface area contributed by atoms with Crippen LogP contribution in [0.4, 0.5) is 0 Å².